The van der Waals surface area contributed by atoms with Crippen LogP contribution in [0.4, 0.5) is 0 Å². The molecule has 5 heteroatoms. The minimum absolute atomic E-state index is 0.135. The summed E-state index contributed by atoms with van der Waals surface area (Å²) < 4.78 is 17.5. The van der Waals surface area contributed by atoms with Crippen molar-refractivity contribution < 1.29 is 19.0 Å². The van der Waals surface area contributed by atoms with Crippen LogP contribution in [0, 0.1) is 0 Å². The molecule has 0 saturated carbocycles. The van der Waals surface area contributed by atoms with Gasteiger partial charge in [-0.05, 0) is 101 Å². The molecular formula is C44H43NO4. The van der Waals surface area contributed by atoms with Crippen molar-refractivity contribution in [1.82, 2.24) is 4.90 Å². The topological polar surface area (TPSA) is 48.0 Å². The number of esters is 1. The minimum atomic E-state index is -0.380. The molecule has 6 aromatic rings. The Kier molecular flexibility index (Phi) is 11.0. The molecule has 0 aliphatic carbocycles. The first-order chi connectivity index (χ1) is 23.9. The molecule has 0 N–H and O–H groups in total. The molecule has 0 aliphatic heterocycles. The fraction of sp³-hybridized carbons (Fsp3) is 0.205. The summed E-state index contributed by atoms with van der Waals surface area (Å²) in [5.74, 6) is 1.19. The number of carbonyl (C=O) groups excluding carboxylic acids is 1. The molecule has 0 bridgehead atoms. The van der Waals surface area contributed by atoms with Crippen LogP contribution >= 0.6 is 0 Å². The van der Waals surface area contributed by atoms with Crippen LogP contribution in [0.25, 0.3) is 33.0 Å². The zero-order chi connectivity index (χ0) is 34.0. The minimum Gasteiger partial charge on any atom is -0.492 e. The predicted molar refractivity (Wildman–Crippen MR) is 199 cm³/mol. The van der Waals surface area contributed by atoms with Crippen molar-refractivity contribution in [2.24, 2.45) is 0 Å². The van der Waals surface area contributed by atoms with Crippen LogP contribution in [0.1, 0.15) is 29.2 Å². The molecule has 0 aliphatic rings. The van der Waals surface area contributed by atoms with Gasteiger partial charge in [-0.25, -0.2) is 4.79 Å². The fourth-order valence-corrected chi connectivity index (χ4v) is 5.99. The van der Waals surface area contributed by atoms with E-state index in [0.29, 0.717) is 25.4 Å². The van der Waals surface area contributed by atoms with Gasteiger partial charge in [0.2, 0.25) is 0 Å². The molecule has 0 heterocycles. The van der Waals surface area contributed by atoms with Crippen LogP contribution in [0.5, 0.6) is 11.5 Å². The molecule has 0 saturated heterocycles. The van der Waals surface area contributed by atoms with E-state index in [1.54, 1.807) is 6.92 Å². The van der Waals surface area contributed by atoms with E-state index >= 15 is 0 Å². The highest BCUT2D eigenvalue weighted by atomic mass is 16.6. The molecule has 0 atom stereocenters. The Bertz CT molecular complexity index is 2000. The Morgan fingerprint density at radius 3 is 1.82 bits per heavy atom. The van der Waals surface area contributed by atoms with Gasteiger partial charge in [0.05, 0.1) is 6.61 Å². The number of carbonyl (C=O) groups is 1. The summed E-state index contributed by atoms with van der Waals surface area (Å²) in [5, 5.41) is 2.39. The van der Waals surface area contributed by atoms with Gasteiger partial charge in [-0.2, -0.15) is 0 Å². The highest BCUT2D eigenvalue weighted by Crippen LogP contribution is 2.33. The fourth-order valence-electron chi connectivity index (χ4n) is 5.99. The summed E-state index contributed by atoms with van der Waals surface area (Å²) in [6.45, 7) is 3.42. The number of nitrogens with zero attached hydrogens (tertiary/aromatic N) is 1. The van der Waals surface area contributed by atoms with E-state index in [-0.39, 0.29) is 12.6 Å². The average Bonchev–Trinajstić information content (AvgIpc) is 3.12. The second-order valence-corrected chi connectivity index (χ2v) is 12.5. The number of hydrogen-bond acceptors (Lipinski definition) is 5. The van der Waals surface area contributed by atoms with Gasteiger partial charge in [0, 0.05) is 19.4 Å². The Morgan fingerprint density at radius 2 is 1.14 bits per heavy atom. The molecule has 5 nitrogen and oxygen atoms in total. The third-order valence-electron chi connectivity index (χ3n) is 8.57. The maximum atomic E-state index is 12.2. The van der Waals surface area contributed by atoms with Crippen molar-refractivity contribution in [1.29, 1.82) is 0 Å². The van der Waals surface area contributed by atoms with E-state index in [9.17, 15) is 4.79 Å². The number of hydrogen-bond donors (Lipinski definition) is 0. The summed E-state index contributed by atoms with van der Waals surface area (Å²) in [6, 6.07) is 46.8. The monoisotopic (exact) mass is 649 g/mol. The van der Waals surface area contributed by atoms with Crippen molar-refractivity contribution in [3.8, 4) is 33.8 Å². The molecule has 0 amide bonds. The van der Waals surface area contributed by atoms with E-state index < -0.39 is 0 Å². The van der Waals surface area contributed by atoms with Gasteiger partial charge in [0.15, 0.2) is 6.61 Å². The molecule has 0 radical (unpaired) electrons. The van der Waals surface area contributed by atoms with Crippen LogP contribution in [0.15, 0.2) is 133 Å². The third kappa shape index (κ3) is 8.95. The van der Waals surface area contributed by atoms with Crippen molar-refractivity contribution >= 4 is 16.7 Å². The highest BCUT2D eigenvalue weighted by molar-refractivity contribution is 5.83. The van der Waals surface area contributed by atoms with Crippen molar-refractivity contribution in [3.05, 3.63) is 156 Å². The largest absolute Gasteiger partial charge is 0.492 e. The lowest BCUT2D eigenvalue weighted by atomic mass is 9.94. The van der Waals surface area contributed by atoms with Crippen LogP contribution in [0.2, 0.25) is 0 Å². The van der Waals surface area contributed by atoms with Gasteiger partial charge >= 0.3 is 5.97 Å². The molecule has 0 fully saturated rings. The average molecular weight is 650 g/mol. The lowest BCUT2D eigenvalue weighted by Crippen LogP contribution is -2.19. The first-order valence-corrected chi connectivity index (χ1v) is 16.9. The number of benzene rings is 6. The van der Waals surface area contributed by atoms with Gasteiger partial charge in [-0.15, -0.1) is 0 Å². The molecule has 0 unspecified atom stereocenters. The lowest BCUT2D eigenvalue weighted by molar-refractivity contribution is -0.145. The van der Waals surface area contributed by atoms with Crippen molar-refractivity contribution in [3.63, 3.8) is 0 Å². The summed E-state index contributed by atoms with van der Waals surface area (Å²) >= 11 is 0. The Hall–Kier alpha value is -5.39. The molecule has 6 rings (SSSR count). The molecule has 6 aromatic carbocycles. The Labute approximate surface area is 289 Å². The van der Waals surface area contributed by atoms with E-state index in [2.05, 4.69) is 140 Å². The number of fused-ring (bicyclic) bond motifs is 1. The van der Waals surface area contributed by atoms with Gasteiger partial charge < -0.3 is 19.1 Å². The van der Waals surface area contributed by atoms with Gasteiger partial charge in [-0.1, -0.05) is 109 Å². The molecule has 0 spiro atoms. The third-order valence-corrected chi connectivity index (χ3v) is 8.57. The lowest BCUT2D eigenvalue weighted by Gasteiger charge is -2.17. The highest BCUT2D eigenvalue weighted by Gasteiger charge is 2.14. The summed E-state index contributed by atoms with van der Waals surface area (Å²) in [4.78, 5) is 14.3. The van der Waals surface area contributed by atoms with Crippen LogP contribution in [-0.2, 0) is 22.4 Å². The first-order valence-electron chi connectivity index (χ1n) is 16.9. The number of ether oxygens (including phenoxy) is 3. The number of likely N-dealkylation sites (N-methyl/N-ethyl adjacent to an activating group) is 1. The Morgan fingerprint density at radius 1 is 0.571 bits per heavy atom. The van der Waals surface area contributed by atoms with Crippen molar-refractivity contribution in [2.45, 2.75) is 19.8 Å². The zero-order valence-electron chi connectivity index (χ0n) is 28.5. The predicted octanol–water partition coefficient (Wildman–Crippen LogP) is 9.24. The Balaban J connectivity index is 1.32. The normalized spacial score (nSPS) is 11.1. The summed E-state index contributed by atoms with van der Waals surface area (Å²) in [7, 11) is 4.11. The van der Waals surface area contributed by atoms with E-state index in [1.165, 1.54) is 33.0 Å². The van der Waals surface area contributed by atoms with Gasteiger partial charge in [-0.3, -0.25) is 0 Å². The smallest absolute Gasteiger partial charge is 0.344 e. The second-order valence-electron chi connectivity index (χ2n) is 12.5. The SMILES string of the molecule is CCOC(=O)COc1ccc(-c2ccc(OCCN(C)C)c(Cc3ccc(-c4ccccc4)cc3)c2)cc1Cc1ccc2ccccc2c1. The van der Waals surface area contributed by atoms with Gasteiger partial charge in [0.1, 0.15) is 18.1 Å². The van der Waals surface area contributed by atoms with Gasteiger partial charge in [0.25, 0.3) is 0 Å². The quantitative estimate of drug-likeness (QED) is 0.110. The van der Waals surface area contributed by atoms with Crippen LogP contribution in [0.3, 0.4) is 0 Å². The molecule has 49 heavy (non-hydrogen) atoms. The van der Waals surface area contributed by atoms with E-state index in [4.69, 9.17) is 14.2 Å². The maximum Gasteiger partial charge on any atom is 0.344 e. The van der Waals surface area contributed by atoms with Crippen LogP contribution < -0.4 is 9.47 Å². The molecule has 0 aromatic heterocycles. The van der Waals surface area contributed by atoms with E-state index in [0.717, 1.165) is 41.0 Å². The number of rotatable bonds is 14. The second kappa shape index (κ2) is 16.1. The summed E-state index contributed by atoms with van der Waals surface area (Å²) in [5.41, 5.74) is 9.08. The zero-order valence-corrected chi connectivity index (χ0v) is 28.5. The van der Waals surface area contributed by atoms with Crippen LogP contribution in [-0.4, -0.2) is 51.3 Å². The first kappa shape index (κ1) is 33.5. The van der Waals surface area contributed by atoms with Crippen molar-refractivity contribution in [2.75, 3.05) is 40.5 Å². The maximum absolute atomic E-state index is 12.2. The standard InChI is InChI=1S/C44H43NO4/c1-4-47-44(46)31-49-43-23-21-39(30-41(43)28-33-16-19-35-12-8-9-13-37(35)27-33)38-20-22-42(48-25-24-45(2)3)40(29-38)26-32-14-17-36(18-15-32)34-10-6-5-7-11-34/h5-23,27,29-30H,4,24-26,28,31H2,1-3H3. The molecular weight excluding hydrogens is 606 g/mol. The molecule has 248 valence electrons. The van der Waals surface area contributed by atoms with E-state index in [1.807, 2.05) is 12.1 Å². The summed E-state index contributed by atoms with van der Waals surface area (Å²) in [6.07, 6.45) is 1.40.